The number of rotatable bonds is 2. The fourth-order valence-corrected chi connectivity index (χ4v) is 0.270. The molecule has 0 aromatic heterocycles. The molecule has 0 aliphatic heterocycles. The Kier molecular flexibility index (Phi) is 2.78. The summed E-state index contributed by atoms with van der Waals surface area (Å²) in [7, 11) is 0. The molecule has 0 amide bonds. The molecule has 0 aromatic rings. The smallest absolute Gasteiger partial charge is 0.409 e. The van der Waals surface area contributed by atoms with Crippen LogP contribution in [0.2, 0.25) is 0 Å². The van der Waals surface area contributed by atoms with Crippen molar-refractivity contribution in [2.75, 3.05) is 0 Å². The highest BCUT2D eigenvalue weighted by molar-refractivity contribution is 5.77. The molecule has 12 heavy (non-hydrogen) atoms. The molecule has 0 unspecified atom stereocenters. The Morgan fingerprint density at radius 1 is 1.08 bits per heavy atom. The van der Waals surface area contributed by atoms with Crippen molar-refractivity contribution in [2.45, 2.75) is 12.1 Å². The summed E-state index contributed by atoms with van der Waals surface area (Å²) in [4.78, 5) is 9.57. The third-order valence-corrected chi connectivity index (χ3v) is 0.767. The third kappa shape index (κ3) is 3.89. The van der Waals surface area contributed by atoms with Crippen molar-refractivity contribution < 1.29 is 31.9 Å². The number of hydrogen-bond donors (Lipinski definition) is 1. The molecule has 0 spiro atoms. The van der Waals surface area contributed by atoms with Gasteiger partial charge in [-0.3, -0.25) is 0 Å². The zero-order valence-electron chi connectivity index (χ0n) is 5.40. The normalized spacial score (nSPS) is 13.8. The molecule has 2 nitrogen and oxygen atoms in total. The lowest BCUT2D eigenvalue weighted by Gasteiger charge is -2.05. The molecule has 0 atom stereocenters. The second kappa shape index (κ2) is 3.08. The van der Waals surface area contributed by atoms with Crippen LogP contribution in [0.3, 0.4) is 0 Å². The SMILES string of the molecule is O=C(O)C(F)(F)C=CC(F)(F)F. The maximum absolute atomic E-state index is 11.9. The summed E-state index contributed by atoms with van der Waals surface area (Å²) in [6.07, 6.45) is -6.46. The van der Waals surface area contributed by atoms with E-state index in [9.17, 15) is 26.7 Å². The van der Waals surface area contributed by atoms with E-state index < -0.39 is 30.2 Å². The lowest BCUT2D eigenvalue weighted by molar-refractivity contribution is -0.158. The number of carboxylic acid groups (broad SMARTS) is 1. The Bertz CT molecular complexity index is 204. The lowest BCUT2D eigenvalue weighted by Crippen LogP contribution is -2.25. The molecule has 1 N–H and O–H groups in total. The highest BCUT2D eigenvalue weighted by Gasteiger charge is 2.37. The Balaban J connectivity index is 4.45. The summed E-state index contributed by atoms with van der Waals surface area (Å²) in [5, 5.41) is 7.67. The highest BCUT2D eigenvalue weighted by Crippen LogP contribution is 2.21. The molecule has 0 radical (unpaired) electrons. The zero-order chi connectivity index (χ0) is 9.99. The molecule has 0 aromatic carbocycles. The minimum absolute atomic E-state index is 0.713. The van der Waals surface area contributed by atoms with Crippen LogP contribution in [-0.4, -0.2) is 23.2 Å². The monoisotopic (exact) mass is 190 g/mol. The third-order valence-electron chi connectivity index (χ3n) is 0.767. The summed E-state index contributed by atoms with van der Waals surface area (Å²) in [6, 6.07) is 0. The predicted molar refractivity (Wildman–Crippen MR) is 27.8 cm³/mol. The Morgan fingerprint density at radius 2 is 1.50 bits per heavy atom. The van der Waals surface area contributed by atoms with Crippen molar-refractivity contribution in [3.63, 3.8) is 0 Å². The van der Waals surface area contributed by atoms with E-state index in [4.69, 9.17) is 5.11 Å². The van der Waals surface area contributed by atoms with Crippen molar-refractivity contribution in [3.05, 3.63) is 12.2 Å². The number of alkyl halides is 5. The summed E-state index contributed by atoms with van der Waals surface area (Å²) in [5.41, 5.74) is 0. The van der Waals surface area contributed by atoms with Crippen LogP contribution in [0.15, 0.2) is 12.2 Å². The highest BCUT2D eigenvalue weighted by atomic mass is 19.4. The second-order valence-electron chi connectivity index (χ2n) is 1.80. The summed E-state index contributed by atoms with van der Waals surface area (Å²) in [5.74, 6) is -7.10. The fourth-order valence-electron chi connectivity index (χ4n) is 0.270. The largest absolute Gasteiger partial charge is 0.477 e. The Hall–Kier alpha value is -1.14. The standard InChI is InChI=1S/C5H3F5O2/c6-4(7,3(11)12)1-2-5(8,9)10/h1-2H,(H,11,12). The lowest BCUT2D eigenvalue weighted by atomic mass is 10.3. The van der Waals surface area contributed by atoms with E-state index in [1.807, 2.05) is 0 Å². The average molecular weight is 190 g/mol. The first-order valence-corrected chi connectivity index (χ1v) is 2.53. The summed E-state index contributed by atoms with van der Waals surface area (Å²) in [6.45, 7) is 0. The summed E-state index contributed by atoms with van der Waals surface area (Å²) >= 11 is 0. The van der Waals surface area contributed by atoms with E-state index in [1.54, 1.807) is 0 Å². The molecule has 0 saturated carbocycles. The van der Waals surface area contributed by atoms with Crippen LogP contribution in [0.25, 0.3) is 0 Å². The number of carboxylic acids is 1. The molecule has 0 aliphatic carbocycles. The predicted octanol–water partition coefficient (Wildman–Crippen LogP) is 1.82. The Morgan fingerprint density at radius 3 is 1.75 bits per heavy atom. The van der Waals surface area contributed by atoms with Crippen LogP contribution >= 0.6 is 0 Å². The van der Waals surface area contributed by atoms with Gasteiger partial charge in [0, 0.05) is 12.2 Å². The van der Waals surface area contributed by atoms with E-state index in [0.29, 0.717) is 0 Å². The first-order valence-electron chi connectivity index (χ1n) is 2.53. The first kappa shape index (κ1) is 10.9. The van der Waals surface area contributed by atoms with Gasteiger partial charge in [-0.15, -0.1) is 0 Å². The van der Waals surface area contributed by atoms with Gasteiger partial charge in [0.1, 0.15) is 0 Å². The van der Waals surface area contributed by atoms with E-state index in [-0.39, 0.29) is 0 Å². The molecule has 0 bridgehead atoms. The molecule has 0 saturated heterocycles. The van der Waals surface area contributed by atoms with Crippen LogP contribution in [-0.2, 0) is 4.79 Å². The van der Waals surface area contributed by atoms with Gasteiger partial charge in [-0.05, 0) is 0 Å². The van der Waals surface area contributed by atoms with Crippen molar-refractivity contribution in [3.8, 4) is 0 Å². The average Bonchev–Trinajstić information content (AvgIpc) is 1.82. The molecule has 0 aliphatic rings. The molecule has 0 rings (SSSR count). The Labute approximate surface area is 63.3 Å². The van der Waals surface area contributed by atoms with Gasteiger partial charge < -0.3 is 5.11 Å². The van der Waals surface area contributed by atoms with Crippen molar-refractivity contribution in [1.29, 1.82) is 0 Å². The fraction of sp³-hybridized carbons (Fsp3) is 0.400. The maximum atomic E-state index is 11.9. The van der Waals surface area contributed by atoms with Gasteiger partial charge in [-0.2, -0.15) is 22.0 Å². The quantitative estimate of drug-likeness (QED) is 0.532. The molecule has 0 fully saturated rings. The van der Waals surface area contributed by atoms with Crippen molar-refractivity contribution in [2.24, 2.45) is 0 Å². The molecule has 7 heteroatoms. The van der Waals surface area contributed by atoms with E-state index in [2.05, 4.69) is 0 Å². The van der Waals surface area contributed by atoms with Gasteiger partial charge in [0.2, 0.25) is 0 Å². The van der Waals surface area contributed by atoms with Crippen molar-refractivity contribution in [1.82, 2.24) is 0 Å². The molecular weight excluding hydrogens is 187 g/mol. The van der Waals surface area contributed by atoms with Gasteiger partial charge >= 0.3 is 18.1 Å². The van der Waals surface area contributed by atoms with E-state index in [0.717, 1.165) is 0 Å². The van der Waals surface area contributed by atoms with E-state index in [1.165, 1.54) is 0 Å². The minimum Gasteiger partial charge on any atom is -0.477 e. The van der Waals surface area contributed by atoms with Crippen LogP contribution < -0.4 is 0 Å². The number of hydrogen-bond acceptors (Lipinski definition) is 1. The second-order valence-corrected chi connectivity index (χ2v) is 1.80. The first-order chi connectivity index (χ1) is 5.15. The maximum Gasteiger partial charge on any atom is 0.409 e. The van der Waals surface area contributed by atoms with Crippen LogP contribution in [0.1, 0.15) is 0 Å². The van der Waals surface area contributed by atoms with Gasteiger partial charge in [-0.1, -0.05) is 0 Å². The number of carbonyl (C=O) groups is 1. The van der Waals surface area contributed by atoms with Crippen LogP contribution in [0.4, 0.5) is 22.0 Å². The molecule has 0 heterocycles. The number of aliphatic carboxylic acids is 1. The van der Waals surface area contributed by atoms with Gasteiger partial charge in [0.25, 0.3) is 0 Å². The summed E-state index contributed by atoms with van der Waals surface area (Å²) < 4.78 is 57.5. The number of halogens is 5. The minimum atomic E-state index is -4.93. The molecule has 70 valence electrons. The molecular formula is C5H3F5O2. The van der Waals surface area contributed by atoms with Crippen LogP contribution in [0, 0.1) is 0 Å². The van der Waals surface area contributed by atoms with Crippen molar-refractivity contribution >= 4 is 5.97 Å². The van der Waals surface area contributed by atoms with Gasteiger partial charge in [0.15, 0.2) is 0 Å². The van der Waals surface area contributed by atoms with Crippen LogP contribution in [0.5, 0.6) is 0 Å². The topological polar surface area (TPSA) is 37.3 Å². The van der Waals surface area contributed by atoms with Gasteiger partial charge in [0.05, 0.1) is 0 Å². The van der Waals surface area contributed by atoms with E-state index >= 15 is 0 Å². The number of allylic oxidation sites excluding steroid dienone is 1. The van der Waals surface area contributed by atoms with Gasteiger partial charge in [-0.25, -0.2) is 4.79 Å². The zero-order valence-corrected chi connectivity index (χ0v) is 5.40.